The van der Waals surface area contributed by atoms with Crippen LogP contribution in [0.2, 0.25) is 0 Å². The van der Waals surface area contributed by atoms with Gasteiger partial charge in [0.1, 0.15) is 0 Å². The Balaban J connectivity index is 2.74. The molecule has 0 atom stereocenters. The van der Waals surface area contributed by atoms with Gasteiger partial charge in [-0.25, -0.2) is 4.79 Å². The summed E-state index contributed by atoms with van der Waals surface area (Å²) in [5, 5.41) is 19.0. The first-order valence-electron chi connectivity index (χ1n) is 4.86. The number of hydrogen-bond acceptors (Lipinski definition) is 3. The summed E-state index contributed by atoms with van der Waals surface area (Å²) >= 11 is 5.00. The first-order valence-corrected chi connectivity index (χ1v) is 5.27. The van der Waals surface area contributed by atoms with Gasteiger partial charge in [0.2, 0.25) is 0 Å². The number of hydrogen-bond donors (Lipinski definition) is 3. The molecule has 0 saturated heterocycles. The van der Waals surface area contributed by atoms with E-state index in [1.165, 1.54) is 10.9 Å². The molecule has 7 heteroatoms. The molecule has 16 heavy (non-hydrogen) atoms. The second kappa shape index (κ2) is 5.45. The van der Waals surface area contributed by atoms with Crippen LogP contribution in [-0.4, -0.2) is 32.5 Å². The third kappa shape index (κ3) is 2.93. The summed E-state index contributed by atoms with van der Waals surface area (Å²) in [4.78, 5) is 10.9. The van der Waals surface area contributed by atoms with E-state index < -0.39 is 5.97 Å². The maximum atomic E-state index is 10.9. The zero-order chi connectivity index (χ0) is 12.1. The van der Waals surface area contributed by atoms with Crippen molar-refractivity contribution in [3.05, 3.63) is 11.9 Å². The van der Waals surface area contributed by atoms with Gasteiger partial charge < -0.3 is 15.7 Å². The van der Waals surface area contributed by atoms with Gasteiger partial charge in [-0.3, -0.25) is 4.68 Å². The van der Waals surface area contributed by atoms with Crippen LogP contribution in [0.4, 0.5) is 5.69 Å². The summed E-state index contributed by atoms with van der Waals surface area (Å²) in [7, 11) is 1.57. The predicted molar refractivity (Wildman–Crippen MR) is 64.7 cm³/mol. The van der Waals surface area contributed by atoms with Gasteiger partial charge in [0.15, 0.2) is 10.8 Å². The molecule has 6 nitrogen and oxygen atoms in total. The first kappa shape index (κ1) is 12.4. The second-order valence-electron chi connectivity index (χ2n) is 3.22. The summed E-state index contributed by atoms with van der Waals surface area (Å²) in [6, 6.07) is 0. The summed E-state index contributed by atoms with van der Waals surface area (Å²) < 4.78 is 1.28. The number of anilines is 1. The maximum absolute atomic E-state index is 10.9. The molecule has 0 aliphatic carbocycles. The van der Waals surface area contributed by atoms with Crippen molar-refractivity contribution in [1.82, 2.24) is 15.1 Å². The number of carboxylic acids is 1. The van der Waals surface area contributed by atoms with Crippen LogP contribution in [0, 0.1) is 0 Å². The topological polar surface area (TPSA) is 79.2 Å². The highest BCUT2D eigenvalue weighted by atomic mass is 32.1. The van der Waals surface area contributed by atoms with E-state index in [0.717, 1.165) is 13.0 Å². The van der Waals surface area contributed by atoms with Crippen molar-refractivity contribution in [1.29, 1.82) is 0 Å². The summed E-state index contributed by atoms with van der Waals surface area (Å²) in [6.07, 6.45) is 2.38. The largest absolute Gasteiger partial charge is 0.476 e. The fourth-order valence-corrected chi connectivity index (χ4v) is 1.40. The molecule has 3 N–H and O–H groups in total. The van der Waals surface area contributed by atoms with Crippen LogP contribution in [0.15, 0.2) is 6.20 Å². The number of rotatable bonds is 4. The molecule has 0 aliphatic rings. The van der Waals surface area contributed by atoms with Crippen molar-refractivity contribution in [2.24, 2.45) is 7.05 Å². The Kier molecular flexibility index (Phi) is 4.24. The van der Waals surface area contributed by atoms with Crippen molar-refractivity contribution in [3.8, 4) is 0 Å². The summed E-state index contributed by atoms with van der Waals surface area (Å²) in [5.41, 5.74) is 0.476. The molecule has 1 aromatic heterocycles. The van der Waals surface area contributed by atoms with Crippen LogP contribution in [0.25, 0.3) is 0 Å². The van der Waals surface area contributed by atoms with E-state index in [1.54, 1.807) is 7.05 Å². The Morgan fingerprint density at radius 1 is 1.69 bits per heavy atom. The number of thiocarbonyl (C=S) groups is 1. The van der Waals surface area contributed by atoms with Crippen molar-refractivity contribution >= 4 is 29.0 Å². The monoisotopic (exact) mass is 242 g/mol. The maximum Gasteiger partial charge on any atom is 0.356 e. The van der Waals surface area contributed by atoms with E-state index in [4.69, 9.17) is 17.3 Å². The molecule has 0 aromatic carbocycles. The minimum atomic E-state index is -1.04. The average molecular weight is 242 g/mol. The van der Waals surface area contributed by atoms with Crippen LogP contribution < -0.4 is 10.6 Å². The minimum absolute atomic E-state index is 0.0839. The van der Waals surface area contributed by atoms with Crippen LogP contribution in [0.1, 0.15) is 23.8 Å². The molecule has 88 valence electrons. The number of nitrogens with zero attached hydrogens (tertiary/aromatic N) is 2. The quantitative estimate of drug-likeness (QED) is 0.678. The molecule has 0 amide bonds. The Morgan fingerprint density at radius 3 is 2.94 bits per heavy atom. The Morgan fingerprint density at radius 2 is 2.38 bits per heavy atom. The van der Waals surface area contributed by atoms with E-state index in [2.05, 4.69) is 15.7 Å². The van der Waals surface area contributed by atoms with Crippen LogP contribution >= 0.6 is 12.2 Å². The van der Waals surface area contributed by atoms with E-state index in [9.17, 15) is 4.79 Å². The van der Waals surface area contributed by atoms with Crippen molar-refractivity contribution in [3.63, 3.8) is 0 Å². The Labute approximate surface area is 98.6 Å². The van der Waals surface area contributed by atoms with E-state index >= 15 is 0 Å². The molecule has 0 saturated carbocycles. The third-order valence-corrected chi connectivity index (χ3v) is 2.17. The van der Waals surface area contributed by atoms with Crippen LogP contribution in [0.5, 0.6) is 0 Å². The van der Waals surface area contributed by atoms with Gasteiger partial charge in [-0.1, -0.05) is 6.92 Å². The summed E-state index contributed by atoms with van der Waals surface area (Å²) in [5.74, 6) is -1.04. The molecule has 1 aromatic rings. The Hall–Kier alpha value is -1.63. The zero-order valence-electron chi connectivity index (χ0n) is 9.15. The lowest BCUT2D eigenvalue weighted by atomic mass is 10.3. The number of aromatic nitrogens is 2. The minimum Gasteiger partial charge on any atom is -0.476 e. The van der Waals surface area contributed by atoms with Gasteiger partial charge in [0.25, 0.3) is 0 Å². The van der Waals surface area contributed by atoms with E-state index in [-0.39, 0.29) is 5.69 Å². The average Bonchev–Trinajstić information content (AvgIpc) is 2.56. The highest BCUT2D eigenvalue weighted by Gasteiger charge is 2.16. The van der Waals surface area contributed by atoms with Crippen molar-refractivity contribution in [2.75, 3.05) is 11.9 Å². The fraction of sp³-hybridized carbons (Fsp3) is 0.444. The number of aromatic carboxylic acids is 1. The van der Waals surface area contributed by atoms with Gasteiger partial charge in [-0.05, 0) is 18.6 Å². The third-order valence-electron chi connectivity index (χ3n) is 1.93. The summed E-state index contributed by atoms with van der Waals surface area (Å²) in [6.45, 7) is 2.76. The molecule has 0 unspecified atom stereocenters. The van der Waals surface area contributed by atoms with Gasteiger partial charge in [-0.15, -0.1) is 0 Å². The molecule has 1 rings (SSSR count). The molecule has 0 radical (unpaired) electrons. The Bertz CT molecular complexity index is 402. The van der Waals surface area contributed by atoms with Gasteiger partial charge in [0.05, 0.1) is 11.9 Å². The molecule has 1 heterocycles. The van der Waals surface area contributed by atoms with Crippen LogP contribution in [0.3, 0.4) is 0 Å². The van der Waals surface area contributed by atoms with E-state index in [1.807, 2.05) is 6.92 Å². The van der Waals surface area contributed by atoms with Gasteiger partial charge in [-0.2, -0.15) is 5.10 Å². The van der Waals surface area contributed by atoms with E-state index in [0.29, 0.717) is 10.8 Å². The molecular formula is C9H14N4O2S. The van der Waals surface area contributed by atoms with Gasteiger partial charge >= 0.3 is 5.97 Å². The predicted octanol–water partition coefficient (Wildman–Crippen LogP) is 0.815. The number of nitrogens with one attached hydrogen (secondary N) is 2. The number of carbonyl (C=O) groups is 1. The lowest BCUT2D eigenvalue weighted by Gasteiger charge is -2.08. The molecular weight excluding hydrogens is 228 g/mol. The first-order chi connectivity index (χ1) is 7.56. The normalized spacial score (nSPS) is 9.88. The SMILES string of the molecule is CCCNC(=S)Nc1cnn(C)c1C(=O)O. The smallest absolute Gasteiger partial charge is 0.356 e. The van der Waals surface area contributed by atoms with Gasteiger partial charge in [0, 0.05) is 13.6 Å². The second-order valence-corrected chi connectivity index (χ2v) is 3.62. The number of aryl methyl sites for hydroxylation is 1. The van der Waals surface area contributed by atoms with Crippen molar-refractivity contribution < 1.29 is 9.90 Å². The standard InChI is InChI=1S/C9H14N4O2S/c1-3-4-10-9(16)12-6-5-11-13(2)7(6)8(14)15/h5H,3-4H2,1-2H3,(H,14,15)(H2,10,12,16). The lowest BCUT2D eigenvalue weighted by molar-refractivity contribution is 0.0686. The highest BCUT2D eigenvalue weighted by Crippen LogP contribution is 2.13. The number of carboxylic acid groups (broad SMARTS) is 1. The molecule has 0 fully saturated rings. The van der Waals surface area contributed by atoms with Crippen molar-refractivity contribution in [2.45, 2.75) is 13.3 Å². The molecule has 0 aliphatic heterocycles. The fourth-order valence-electron chi connectivity index (χ4n) is 1.19. The van der Waals surface area contributed by atoms with Crippen LogP contribution in [-0.2, 0) is 7.05 Å². The zero-order valence-corrected chi connectivity index (χ0v) is 9.97. The molecule has 0 spiro atoms. The highest BCUT2D eigenvalue weighted by molar-refractivity contribution is 7.80. The molecule has 0 bridgehead atoms. The lowest BCUT2D eigenvalue weighted by Crippen LogP contribution is -2.29.